The van der Waals surface area contributed by atoms with E-state index in [0.29, 0.717) is 22.3 Å². The number of aryl methyl sites for hydroxylation is 1. The van der Waals surface area contributed by atoms with E-state index in [1.165, 1.54) is 13.2 Å². The molecule has 3 aromatic rings. The molecular formula is C20H16F2N2O4. The van der Waals surface area contributed by atoms with Gasteiger partial charge in [-0.25, -0.2) is 13.6 Å². The van der Waals surface area contributed by atoms with E-state index in [0.717, 1.165) is 12.1 Å². The van der Waals surface area contributed by atoms with E-state index in [4.69, 9.17) is 9.47 Å². The summed E-state index contributed by atoms with van der Waals surface area (Å²) in [7, 11) is 1.53. The summed E-state index contributed by atoms with van der Waals surface area (Å²) in [6.45, 7) is 1.06. The van der Waals surface area contributed by atoms with Gasteiger partial charge in [0.05, 0.1) is 23.9 Å². The summed E-state index contributed by atoms with van der Waals surface area (Å²) in [6, 6.07) is 9.78. The second-order valence-electron chi connectivity index (χ2n) is 5.93. The van der Waals surface area contributed by atoms with E-state index in [1.807, 2.05) is 0 Å². The standard InChI is InChI=1S/C20H16F2N2O4/c1-11-15(8-12-7-14(27-2)4-6-18(12)23-11)20(26)28-10-19(25)24-13-3-5-16(21)17(22)9-13/h3-9H,10H2,1-2H3,(H,24,25). The molecule has 0 saturated heterocycles. The number of nitrogens with zero attached hydrogens (tertiary/aromatic N) is 1. The van der Waals surface area contributed by atoms with E-state index < -0.39 is 30.1 Å². The molecule has 0 aliphatic rings. The summed E-state index contributed by atoms with van der Waals surface area (Å²) in [5.41, 5.74) is 1.39. The number of nitrogens with one attached hydrogen (secondary N) is 1. The molecule has 144 valence electrons. The first-order valence-electron chi connectivity index (χ1n) is 8.25. The van der Waals surface area contributed by atoms with Gasteiger partial charge in [-0.05, 0) is 43.3 Å². The van der Waals surface area contributed by atoms with Crippen molar-refractivity contribution in [3.63, 3.8) is 0 Å². The van der Waals surface area contributed by atoms with Gasteiger partial charge in [0.15, 0.2) is 18.2 Å². The Labute approximate surface area is 159 Å². The van der Waals surface area contributed by atoms with Crippen molar-refractivity contribution in [2.24, 2.45) is 0 Å². The topological polar surface area (TPSA) is 77.5 Å². The van der Waals surface area contributed by atoms with E-state index in [1.54, 1.807) is 31.2 Å². The van der Waals surface area contributed by atoms with Crippen LogP contribution in [-0.2, 0) is 9.53 Å². The average molecular weight is 386 g/mol. The summed E-state index contributed by atoms with van der Waals surface area (Å²) in [5, 5.41) is 3.00. The van der Waals surface area contributed by atoms with Gasteiger partial charge in [-0.2, -0.15) is 0 Å². The smallest absolute Gasteiger partial charge is 0.340 e. The molecule has 0 fully saturated rings. The minimum absolute atomic E-state index is 0.0515. The highest BCUT2D eigenvalue weighted by Crippen LogP contribution is 2.22. The van der Waals surface area contributed by atoms with Crippen molar-refractivity contribution in [1.82, 2.24) is 4.98 Å². The van der Waals surface area contributed by atoms with Gasteiger partial charge >= 0.3 is 5.97 Å². The number of benzene rings is 2. The fourth-order valence-electron chi connectivity index (χ4n) is 2.56. The second-order valence-corrected chi connectivity index (χ2v) is 5.93. The maximum absolute atomic E-state index is 13.2. The number of aromatic nitrogens is 1. The Kier molecular flexibility index (Phi) is 5.49. The van der Waals surface area contributed by atoms with Crippen molar-refractivity contribution >= 4 is 28.5 Å². The number of ether oxygens (including phenoxy) is 2. The second kappa shape index (κ2) is 7.99. The lowest BCUT2D eigenvalue weighted by Crippen LogP contribution is -2.21. The van der Waals surface area contributed by atoms with Crippen molar-refractivity contribution in [1.29, 1.82) is 0 Å². The number of amides is 1. The number of fused-ring (bicyclic) bond motifs is 1. The van der Waals surface area contributed by atoms with Crippen LogP contribution in [0.25, 0.3) is 10.9 Å². The number of hydrogen-bond donors (Lipinski definition) is 1. The number of esters is 1. The van der Waals surface area contributed by atoms with Gasteiger partial charge in [0.25, 0.3) is 5.91 Å². The first kappa shape index (κ1) is 19.2. The number of methoxy groups -OCH3 is 1. The highest BCUT2D eigenvalue weighted by molar-refractivity contribution is 5.98. The molecule has 0 atom stereocenters. The lowest BCUT2D eigenvalue weighted by atomic mass is 10.1. The predicted octanol–water partition coefficient (Wildman–Crippen LogP) is 3.63. The Balaban J connectivity index is 1.69. The van der Waals surface area contributed by atoms with Gasteiger partial charge in [0.2, 0.25) is 0 Å². The van der Waals surface area contributed by atoms with Crippen molar-refractivity contribution < 1.29 is 27.8 Å². The summed E-state index contributed by atoms with van der Waals surface area (Å²) in [4.78, 5) is 28.6. The molecule has 6 nitrogen and oxygen atoms in total. The molecule has 1 heterocycles. The van der Waals surface area contributed by atoms with E-state index >= 15 is 0 Å². The SMILES string of the molecule is COc1ccc2nc(C)c(C(=O)OCC(=O)Nc3ccc(F)c(F)c3)cc2c1. The molecule has 0 unspecified atom stereocenters. The zero-order valence-corrected chi connectivity index (χ0v) is 15.1. The zero-order valence-electron chi connectivity index (χ0n) is 15.1. The van der Waals surface area contributed by atoms with E-state index in [2.05, 4.69) is 10.3 Å². The van der Waals surface area contributed by atoms with Crippen LogP contribution < -0.4 is 10.1 Å². The lowest BCUT2D eigenvalue weighted by Gasteiger charge is -2.10. The zero-order chi connectivity index (χ0) is 20.3. The number of carbonyl (C=O) groups excluding carboxylic acids is 2. The molecule has 28 heavy (non-hydrogen) atoms. The molecule has 0 saturated carbocycles. The maximum atomic E-state index is 13.2. The highest BCUT2D eigenvalue weighted by atomic mass is 19.2. The molecule has 2 aromatic carbocycles. The van der Waals surface area contributed by atoms with Gasteiger partial charge in [-0.15, -0.1) is 0 Å². The van der Waals surface area contributed by atoms with Gasteiger partial charge < -0.3 is 14.8 Å². The van der Waals surface area contributed by atoms with E-state index in [-0.39, 0.29) is 11.3 Å². The molecule has 0 spiro atoms. The van der Waals surface area contributed by atoms with Crippen molar-refractivity contribution in [2.45, 2.75) is 6.92 Å². The molecule has 0 bridgehead atoms. The van der Waals surface area contributed by atoms with Crippen molar-refractivity contribution in [3.05, 3.63) is 65.4 Å². The monoisotopic (exact) mass is 386 g/mol. The normalized spacial score (nSPS) is 10.6. The quantitative estimate of drug-likeness (QED) is 0.678. The van der Waals surface area contributed by atoms with Crippen LogP contribution in [0.2, 0.25) is 0 Å². The average Bonchev–Trinajstić information content (AvgIpc) is 2.68. The minimum atomic E-state index is -1.09. The number of pyridine rings is 1. The Morgan fingerprint density at radius 2 is 1.86 bits per heavy atom. The van der Waals surface area contributed by atoms with Crippen molar-refractivity contribution in [2.75, 3.05) is 19.0 Å². The third-order valence-electron chi connectivity index (χ3n) is 3.97. The third kappa shape index (κ3) is 4.22. The number of carbonyl (C=O) groups is 2. The Bertz CT molecular complexity index is 1070. The van der Waals surface area contributed by atoms with Crippen molar-refractivity contribution in [3.8, 4) is 5.75 Å². The predicted molar refractivity (Wildman–Crippen MR) is 98.3 cm³/mol. The highest BCUT2D eigenvalue weighted by Gasteiger charge is 2.15. The van der Waals surface area contributed by atoms with Crippen LogP contribution in [0.15, 0.2) is 42.5 Å². The lowest BCUT2D eigenvalue weighted by molar-refractivity contribution is -0.119. The Morgan fingerprint density at radius 1 is 1.07 bits per heavy atom. The van der Waals surface area contributed by atoms with Crippen LogP contribution in [0.1, 0.15) is 16.1 Å². The third-order valence-corrected chi connectivity index (χ3v) is 3.97. The largest absolute Gasteiger partial charge is 0.497 e. The summed E-state index contributed by atoms with van der Waals surface area (Å²) < 4.78 is 36.2. The fourth-order valence-corrected chi connectivity index (χ4v) is 2.56. The number of hydrogen-bond acceptors (Lipinski definition) is 5. The van der Waals surface area contributed by atoms with Crippen LogP contribution in [0.5, 0.6) is 5.75 Å². The minimum Gasteiger partial charge on any atom is -0.497 e. The Morgan fingerprint density at radius 3 is 2.57 bits per heavy atom. The molecule has 0 radical (unpaired) electrons. The van der Waals surface area contributed by atoms with Crippen LogP contribution in [0, 0.1) is 18.6 Å². The molecular weight excluding hydrogens is 370 g/mol. The number of anilines is 1. The Hall–Kier alpha value is -3.55. The number of halogens is 2. The van der Waals surface area contributed by atoms with Crippen LogP contribution in [0.4, 0.5) is 14.5 Å². The van der Waals surface area contributed by atoms with Crippen LogP contribution >= 0.6 is 0 Å². The molecule has 8 heteroatoms. The summed E-state index contributed by atoms with van der Waals surface area (Å²) in [5.74, 6) is -2.92. The van der Waals surface area contributed by atoms with Gasteiger partial charge in [-0.1, -0.05) is 0 Å². The molecule has 1 amide bonds. The maximum Gasteiger partial charge on any atom is 0.340 e. The number of rotatable bonds is 5. The first-order chi connectivity index (χ1) is 13.4. The van der Waals surface area contributed by atoms with Crippen LogP contribution in [-0.4, -0.2) is 30.6 Å². The molecule has 3 rings (SSSR count). The fraction of sp³-hybridized carbons (Fsp3) is 0.150. The van der Waals surface area contributed by atoms with Gasteiger partial charge in [-0.3, -0.25) is 9.78 Å². The van der Waals surface area contributed by atoms with E-state index in [9.17, 15) is 18.4 Å². The van der Waals surface area contributed by atoms with Gasteiger partial charge in [0.1, 0.15) is 5.75 Å². The first-order valence-corrected chi connectivity index (χ1v) is 8.25. The summed E-state index contributed by atoms with van der Waals surface area (Å²) >= 11 is 0. The molecule has 0 aliphatic carbocycles. The summed E-state index contributed by atoms with van der Waals surface area (Å²) in [6.07, 6.45) is 0. The molecule has 0 aliphatic heterocycles. The van der Waals surface area contributed by atoms with Gasteiger partial charge in [0, 0.05) is 17.1 Å². The molecule has 1 aromatic heterocycles. The molecule has 1 N–H and O–H groups in total. The van der Waals surface area contributed by atoms with Crippen LogP contribution in [0.3, 0.4) is 0 Å².